The van der Waals surface area contributed by atoms with Gasteiger partial charge in [-0.05, 0) is 72.1 Å². The van der Waals surface area contributed by atoms with Crippen LogP contribution in [0.25, 0.3) is 11.1 Å². The molecule has 0 unspecified atom stereocenters. The molecule has 0 bridgehead atoms. The summed E-state index contributed by atoms with van der Waals surface area (Å²) in [5.74, 6) is 1.01. The molecule has 0 aliphatic heterocycles. The maximum absolute atomic E-state index is 3.68. The average Bonchev–Trinajstić information content (AvgIpc) is 2.37. The van der Waals surface area contributed by atoms with Crippen LogP contribution < -0.4 is 0 Å². The van der Waals surface area contributed by atoms with Crippen molar-refractivity contribution in [3.8, 4) is 11.1 Å². The van der Waals surface area contributed by atoms with E-state index in [1.165, 1.54) is 38.9 Å². The summed E-state index contributed by atoms with van der Waals surface area (Å²) < 4.78 is 0. The van der Waals surface area contributed by atoms with Crippen LogP contribution in [0.3, 0.4) is 0 Å². The summed E-state index contributed by atoms with van der Waals surface area (Å²) in [6, 6.07) is 12.8. The average molecular weight is 279 g/mol. The van der Waals surface area contributed by atoms with E-state index >= 15 is 0 Å². The van der Waals surface area contributed by atoms with E-state index < -0.39 is 0 Å². The van der Waals surface area contributed by atoms with Crippen LogP contribution >= 0.6 is 0 Å². The first-order valence-electron chi connectivity index (χ1n) is 7.95. The lowest BCUT2D eigenvalue weighted by Gasteiger charge is -2.19. The Bertz CT molecular complexity index is 622. The van der Waals surface area contributed by atoms with Gasteiger partial charge in [-0.25, -0.2) is 0 Å². The third-order valence-corrected chi connectivity index (χ3v) is 4.14. The maximum Gasteiger partial charge on any atom is -0.0102 e. The molecule has 0 aliphatic carbocycles. The Labute approximate surface area is 130 Å². The minimum atomic E-state index is 0.485. The Hall–Kier alpha value is -1.56. The first-order chi connectivity index (χ1) is 9.81. The molecule has 0 amide bonds. The molecule has 0 aliphatic rings. The van der Waals surface area contributed by atoms with Crippen LogP contribution in [0.15, 0.2) is 24.3 Å². The second-order valence-corrected chi connectivity index (χ2v) is 6.82. The fourth-order valence-corrected chi connectivity index (χ4v) is 3.14. The zero-order chi connectivity index (χ0) is 15.7. The number of rotatable bonds is 3. The Balaban J connectivity index is 2.69. The first kappa shape index (κ1) is 15.8. The molecular formula is C21H27. The molecule has 0 fully saturated rings. The van der Waals surface area contributed by atoms with Gasteiger partial charge in [0, 0.05) is 0 Å². The summed E-state index contributed by atoms with van der Waals surface area (Å²) in [7, 11) is 0. The van der Waals surface area contributed by atoms with E-state index in [0.29, 0.717) is 11.8 Å². The van der Waals surface area contributed by atoms with Gasteiger partial charge in [0.05, 0.1) is 0 Å². The molecule has 0 spiro atoms. The molecule has 0 heterocycles. The molecular weight excluding hydrogens is 252 g/mol. The van der Waals surface area contributed by atoms with E-state index in [2.05, 4.69) is 78.8 Å². The molecule has 0 nitrogen and oxygen atoms in total. The maximum atomic E-state index is 3.68. The van der Waals surface area contributed by atoms with E-state index in [1.54, 1.807) is 0 Å². The summed E-state index contributed by atoms with van der Waals surface area (Å²) >= 11 is 0. The van der Waals surface area contributed by atoms with Crippen molar-refractivity contribution in [1.29, 1.82) is 0 Å². The van der Waals surface area contributed by atoms with Crippen molar-refractivity contribution in [2.75, 3.05) is 0 Å². The van der Waals surface area contributed by atoms with Crippen molar-refractivity contribution in [2.24, 2.45) is 0 Å². The monoisotopic (exact) mass is 279 g/mol. The quantitative estimate of drug-likeness (QED) is 0.616. The third-order valence-electron chi connectivity index (χ3n) is 4.14. The lowest BCUT2D eigenvalue weighted by Crippen LogP contribution is -2.00. The van der Waals surface area contributed by atoms with E-state index in [1.807, 2.05) is 0 Å². The highest BCUT2D eigenvalue weighted by Crippen LogP contribution is 2.35. The Morgan fingerprint density at radius 3 is 1.86 bits per heavy atom. The van der Waals surface area contributed by atoms with E-state index in [4.69, 9.17) is 0 Å². The molecule has 0 heteroatoms. The zero-order valence-corrected chi connectivity index (χ0v) is 14.5. The Morgan fingerprint density at radius 2 is 1.38 bits per heavy atom. The molecule has 1 radical (unpaired) electrons. The lowest BCUT2D eigenvalue weighted by atomic mass is 9.85. The van der Waals surface area contributed by atoms with Gasteiger partial charge in [-0.1, -0.05) is 57.5 Å². The molecule has 0 atom stereocenters. The third kappa shape index (κ3) is 3.20. The Kier molecular flexibility index (Phi) is 4.56. The predicted molar refractivity (Wildman–Crippen MR) is 93.1 cm³/mol. The molecule has 0 aromatic heterocycles. The standard InChI is InChI=1S/C21H27/c1-13(2)18-8-9-19(20(12-18)14(3)4)21-16(6)10-15(5)11-17(21)7/h8-11,13-14H,1-7H3. The summed E-state index contributed by atoms with van der Waals surface area (Å²) in [6.45, 7) is 15.6. The Morgan fingerprint density at radius 1 is 0.810 bits per heavy atom. The normalized spacial score (nSPS) is 11.5. The van der Waals surface area contributed by atoms with Crippen LogP contribution in [0, 0.1) is 26.8 Å². The van der Waals surface area contributed by atoms with Gasteiger partial charge in [0.1, 0.15) is 0 Å². The number of benzene rings is 2. The van der Waals surface area contributed by atoms with Crippen molar-refractivity contribution < 1.29 is 0 Å². The number of aryl methyl sites for hydroxylation is 3. The molecule has 2 aromatic carbocycles. The topological polar surface area (TPSA) is 0 Å². The fourth-order valence-electron chi connectivity index (χ4n) is 3.14. The van der Waals surface area contributed by atoms with Crippen molar-refractivity contribution in [2.45, 2.75) is 60.3 Å². The van der Waals surface area contributed by atoms with Gasteiger partial charge in [0.2, 0.25) is 0 Å². The smallest absolute Gasteiger partial charge is 0.0102 e. The highest BCUT2D eigenvalue weighted by atomic mass is 14.2. The highest BCUT2D eigenvalue weighted by Gasteiger charge is 2.15. The summed E-state index contributed by atoms with van der Waals surface area (Å²) in [5, 5.41) is 0. The number of hydrogen-bond donors (Lipinski definition) is 0. The molecule has 2 rings (SSSR count). The number of hydrogen-bond acceptors (Lipinski definition) is 0. The van der Waals surface area contributed by atoms with Crippen LogP contribution in [0.4, 0.5) is 0 Å². The van der Waals surface area contributed by atoms with Gasteiger partial charge >= 0.3 is 0 Å². The van der Waals surface area contributed by atoms with Crippen LogP contribution in [0.5, 0.6) is 0 Å². The molecule has 111 valence electrons. The summed E-state index contributed by atoms with van der Waals surface area (Å²) in [6.07, 6.45) is 0. The predicted octanol–water partition coefficient (Wildman–Crippen LogP) is 6.33. The van der Waals surface area contributed by atoms with Crippen LogP contribution in [-0.2, 0) is 0 Å². The molecule has 21 heavy (non-hydrogen) atoms. The van der Waals surface area contributed by atoms with E-state index in [9.17, 15) is 0 Å². The van der Waals surface area contributed by atoms with Crippen LogP contribution in [-0.4, -0.2) is 0 Å². The minimum absolute atomic E-state index is 0.485. The second-order valence-electron chi connectivity index (χ2n) is 6.82. The lowest BCUT2D eigenvalue weighted by molar-refractivity contribution is 0.832. The molecule has 0 N–H and O–H groups in total. The van der Waals surface area contributed by atoms with Crippen molar-refractivity contribution in [3.63, 3.8) is 0 Å². The largest absolute Gasteiger partial charge is 0.0587 e. The van der Waals surface area contributed by atoms with E-state index in [0.717, 1.165) is 0 Å². The summed E-state index contributed by atoms with van der Waals surface area (Å²) in [5.41, 5.74) is 9.45. The second kappa shape index (κ2) is 6.05. The fraction of sp³-hybridized carbons (Fsp3) is 0.429. The van der Waals surface area contributed by atoms with Crippen molar-refractivity contribution >= 4 is 0 Å². The van der Waals surface area contributed by atoms with Gasteiger partial charge < -0.3 is 0 Å². The van der Waals surface area contributed by atoms with Crippen molar-refractivity contribution in [3.05, 3.63) is 58.1 Å². The van der Waals surface area contributed by atoms with Gasteiger partial charge in [-0.3, -0.25) is 0 Å². The molecule has 0 saturated heterocycles. The van der Waals surface area contributed by atoms with Crippen LogP contribution in [0.1, 0.15) is 67.3 Å². The van der Waals surface area contributed by atoms with Gasteiger partial charge in [0.15, 0.2) is 0 Å². The minimum Gasteiger partial charge on any atom is -0.0587 e. The molecule has 2 aromatic rings. The zero-order valence-electron chi connectivity index (χ0n) is 14.5. The van der Waals surface area contributed by atoms with Gasteiger partial charge in [-0.15, -0.1) is 0 Å². The summed E-state index contributed by atoms with van der Waals surface area (Å²) in [4.78, 5) is 0. The first-order valence-corrected chi connectivity index (χ1v) is 7.95. The SMILES string of the molecule is Cc1cc(C)c(-c2ccc(C(C)C)[c]c2C(C)C)c(C)c1. The molecule has 0 saturated carbocycles. The van der Waals surface area contributed by atoms with E-state index in [-0.39, 0.29) is 0 Å². The van der Waals surface area contributed by atoms with Gasteiger partial charge in [0.25, 0.3) is 0 Å². The van der Waals surface area contributed by atoms with Crippen molar-refractivity contribution in [1.82, 2.24) is 0 Å². The van der Waals surface area contributed by atoms with Gasteiger partial charge in [-0.2, -0.15) is 0 Å². The highest BCUT2D eigenvalue weighted by molar-refractivity contribution is 5.75. The van der Waals surface area contributed by atoms with Crippen LogP contribution in [0.2, 0.25) is 0 Å².